The van der Waals surface area contributed by atoms with Crippen molar-refractivity contribution in [1.82, 2.24) is 9.55 Å². The number of nitrogens with zero attached hydrogens (tertiary/aromatic N) is 2. The van der Waals surface area contributed by atoms with Crippen LogP contribution in [0.3, 0.4) is 0 Å². The minimum absolute atomic E-state index is 0.660. The second-order valence-corrected chi connectivity index (χ2v) is 6.68. The van der Waals surface area contributed by atoms with Gasteiger partial charge in [-0.15, -0.1) is 11.3 Å². The molecule has 24 heavy (non-hydrogen) atoms. The van der Waals surface area contributed by atoms with E-state index in [1.54, 1.807) is 11.3 Å². The van der Waals surface area contributed by atoms with Gasteiger partial charge in [0.25, 0.3) is 0 Å². The van der Waals surface area contributed by atoms with Gasteiger partial charge in [0.15, 0.2) is 0 Å². The lowest BCUT2D eigenvalue weighted by molar-refractivity contribution is 0.300. The zero-order valence-corrected chi connectivity index (χ0v) is 14.1. The highest BCUT2D eigenvalue weighted by Gasteiger charge is 2.02. The highest BCUT2D eigenvalue weighted by atomic mass is 32.1. The number of rotatable bonds is 6. The van der Waals surface area contributed by atoms with E-state index < -0.39 is 0 Å². The highest BCUT2D eigenvalue weighted by molar-refractivity contribution is 7.09. The summed E-state index contributed by atoms with van der Waals surface area (Å²) >= 11 is 1.69. The van der Waals surface area contributed by atoms with Crippen LogP contribution in [0.15, 0.2) is 72.5 Å². The van der Waals surface area contributed by atoms with E-state index in [4.69, 9.17) is 4.74 Å². The molecule has 0 aliphatic rings. The summed E-state index contributed by atoms with van der Waals surface area (Å²) < 4.78 is 8.12. The third-order valence-corrected chi connectivity index (χ3v) is 4.85. The normalized spacial score (nSPS) is 11.0. The van der Waals surface area contributed by atoms with Crippen LogP contribution >= 0.6 is 11.3 Å². The molecule has 0 radical (unpaired) electrons. The minimum atomic E-state index is 0.660. The van der Waals surface area contributed by atoms with Gasteiger partial charge in [0.2, 0.25) is 0 Å². The van der Waals surface area contributed by atoms with Crippen molar-refractivity contribution in [1.29, 1.82) is 0 Å². The molecule has 4 rings (SSSR count). The molecule has 0 saturated heterocycles. The van der Waals surface area contributed by atoms with Crippen molar-refractivity contribution in [3.63, 3.8) is 0 Å². The fraction of sp³-hybridized carbons (Fsp3) is 0.150. The van der Waals surface area contributed by atoms with Crippen molar-refractivity contribution in [3.05, 3.63) is 82.9 Å². The smallest absolute Gasteiger partial charge is 0.119 e. The molecule has 0 spiro atoms. The monoisotopic (exact) mass is 334 g/mol. The zero-order valence-electron chi connectivity index (χ0n) is 13.3. The van der Waals surface area contributed by atoms with Crippen LogP contribution in [0.4, 0.5) is 0 Å². The number of ether oxygens (including phenoxy) is 1. The summed E-state index contributed by atoms with van der Waals surface area (Å²) in [5.74, 6) is 0.916. The number of hydrogen-bond donors (Lipinski definition) is 0. The largest absolute Gasteiger partial charge is 0.492 e. The first-order valence-electron chi connectivity index (χ1n) is 8.01. The molecule has 0 unspecified atom stereocenters. The van der Waals surface area contributed by atoms with Gasteiger partial charge in [-0.3, -0.25) is 4.98 Å². The second kappa shape index (κ2) is 6.89. The van der Waals surface area contributed by atoms with Crippen molar-refractivity contribution in [3.8, 4) is 5.75 Å². The van der Waals surface area contributed by atoms with Crippen molar-refractivity contribution < 1.29 is 4.74 Å². The molecule has 0 fully saturated rings. The Labute approximate surface area is 145 Å². The highest BCUT2D eigenvalue weighted by Crippen LogP contribution is 2.18. The lowest BCUT2D eigenvalue weighted by Gasteiger charge is -2.09. The van der Waals surface area contributed by atoms with E-state index in [1.807, 2.05) is 23.8 Å². The van der Waals surface area contributed by atoms with E-state index in [2.05, 4.69) is 58.2 Å². The van der Waals surface area contributed by atoms with Gasteiger partial charge in [0, 0.05) is 29.2 Å². The Hall–Kier alpha value is -2.59. The molecule has 0 amide bonds. The third kappa shape index (κ3) is 3.34. The van der Waals surface area contributed by atoms with Gasteiger partial charge in [0.1, 0.15) is 12.4 Å². The Morgan fingerprint density at radius 3 is 2.71 bits per heavy atom. The first kappa shape index (κ1) is 15.0. The van der Waals surface area contributed by atoms with Crippen LogP contribution in [0, 0.1) is 0 Å². The first-order valence-corrected chi connectivity index (χ1v) is 8.89. The van der Waals surface area contributed by atoms with Crippen LogP contribution in [-0.4, -0.2) is 16.2 Å². The van der Waals surface area contributed by atoms with Crippen LogP contribution in [0.25, 0.3) is 10.9 Å². The number of benzene rings is 2. The molecule has 120 valence electrons. The minimum Gasteiger partial charge on any atom is -0.492 e. The van der Waals surface area contributed by atoms with Gasteiger partial charge in [-0.25, -0.2) is 0 Å². The topological polar surface area (TPSA) is 27.1 Å². The summed E-state index contributed by atoms with van der Waals surface area (Å²) in [4.78, 5) is 5.39. The maximum atomic E-state index is 5.89. The molecule has 0 bridgehead atoms. The van der Waals surface area contributed by atoms with Crippen LogP contribution in [0.1, 0.15) is 10.4 Å². The van der Waals surface area contributed by atoms with Crippen LogP contribution in [0.2, 0.25) is 0 Å². The van der Waals surface area contributed by atoms with E-state index >= 15 is 0 Å². The van der Waals surface area contributed by atoms with E-state index in [0.717, 1.165) is 18.7 Å². The Bertz CT molecular complexity index is 910. The van der Waals surface area contributed by atoms with Crippen LogP contribution < -0.4 is 4.74 Å². The summed E-state index contributed by atoms with van der Waals surface area (Å²) in [7, 11) is 0. The van der Waals surface area contributed by atoms with Crippen molar-refractivity contribution >= 4 is 22.2 Å². The third-order valence-electron chi connectivity index (χ3n) is 4.07. The van der Waals surface area contributed by atoms with E-state index in [1.165, 1.54) is 21.3 Å². The second-order valence-electron chi connectivity index (χ2n) is 5.70. The molecule has 4 aromatic rings. The molecule has 0 atom stereocenters. The fourth-order valence-electron chi connectivity index (χ4n) is 2.83. The average Bonchev–Trinajstić information content (AvgIpc) is 3.27. The maximum Gasteiger partial charge on any atom is 0.119 e. The molecule has 2 aromatic heterocycles. The Morgan fingerprint density at radius 1 is 1.00 bits per heavy atom. The zero-order chi connectivity index (χ0) is 16.2. The summed E-state index contributed by atoms with van der Waals surface area (Å²) in [6.45, 7) is 1.50. The Balaban J connectivity index is 1.34. The maximum absolute atomic E-state index is 5.89. The van der Waals surface area contributed by atoms with Gasteiger partial charge in [-0.1, -0.05) is 30.3 Å². The first-order chi connectivity index (χ1) is 11.9. The van der Waals surface area contributed by atoms with E-state index in [0.29, 0.717) is 6.61 Å². The number of para-hydroxylation sites is 1. The molecule has 0 saturated carbocycles. The van der Waals surface area contributed by atoms with Crippen molar-refractivity contribution in [2.45, 2.75) is 13.0 Å². The van der Waals surface area contributed by atoms with Gasteiger partial charge >= 0.3 is 0 Å². The number of aromatic nitrogens is 2. The van der Waals surface area contributed by atoms with Gasteiger partial charge in [-0.2, -0.15) is 0 Å². The number of hydrogen-bond acceptors (Lipinski definition) is 3. The van der Waals surface area contributed by atoms with Gasteiger partial charge < -0.3 is 9.30 Å². The van der Waals surface area contributed by atoms with Crippen molar-refractivity contribution in [2.75, 3.05) is 6.61 Å². The molecule has 4 heteroatoms. The van der Waals surface area contributed by atoms with Crippen LogP contribution in [-0.2, 0) is 13.0 Å². The molecule has 2 heterocycles. The predicted molar refractivity (Wildman–Crippen MR) is 98.8 cm³/mol. The molecule has 2 aromatic carbocycles. The lowest BCUT2D eigenvalue weighted by atomic mass is 10.1. The summed E-state index contributed by atoms with van der Waals surface area (Å²) in [5.41, 5.74) is 4.40. The summed E-state index contributed by atoms with van der Waals surface area (Å²) in [5, 5.41) is 1.27. The average molecular weight is 334 g/mol. The van der Waals surface area contributed by atoms with E-state index in [9.17, 15) is 0 Å². The fourth-order valence-corrected chi connectivity index (χ4v) is 3.46. The Kier molecular flexibility index (Phi) is 4.30. The SMILES string of the molecule is c1ccc2c(c1)ccn2CCOc1ccc(Cc2cncs2)cc1. The Morgan fingerprint density at radius 2 is 1.88 bits per heavy atom. The predicted octanol–water partition coefficient (Wildman–Crippen LogP) is 4.77. The molecule has 0 aliphatic heterocycles. The quantitative estimate of drug-likeness (QED) is 0.508. The van der Waals surface area contributed by atoms with Gasteiger partial charge in [-0.05, 0) is 35.2 Å². The molecular formula is C20H18N2OS. The summed E-state index contributed by atoms with van der Waals surface area (Å²) in [6.07, 6.45) is 4.98. The number of thiazole rings is 1. The molecule has 3 nitrogen and oxygen atoms in total. The van der Waals surface area contributed by atoms with Crippen molar-refractivity contribution in [2.24, 2.45) is 0 Å². The molecule has 0 N–H and O–H groups in total. The van der Waals surface area contributed by atoms with Crippen LogP contribution in [0.5, 0.6) is 5.75 Å². The van der Waals surface area contributed by atoms with Gasteiger partial charge in [0.05, 0.1) is 12.1 Å². The number of fused-ring (bicyclic) bond motifs is 1. The standard InChI is InChI=1S/C20H18N2OS/c1-2-4-20-17(3-1)9-10-22(20)11-12-23-18-7-5-16(6-8-18)13-19-14-21-15-24-19/h1-10,14-15H,11-13H2. The molecular weight excluding hydrogens is 316 g/mol. The lowest BCUT2D eigenvalue weighted by Crippen LogP contribution is -2.07. The summed E-state index contributed by atoms with van der Waals surface area (Å²) in [6, 6.07) is 18.9. The van der Waals surface area contributed by atoms with E-state index in [-0.39, 0.29) is 0 Å². The molecule has 0 aliphatic carbocycles.